The molecular formula is C40H67N9O9. The molecule has 2 aromatic rings. The quantitative estimate of drug-likeness (QED) is 0.0602. The summed E-state index contributed by atoms with van der Waals surface area (Å²) in [6, 6.07) is 6.12. The van der Waals surface area contributed by atoms with Crippen molar-refractivity contribution in [1.82, 2.24) is 41.6 Å². The van der Waals surface area contributed by atoms with Crippen LogP contribution in [0, 0.1) is 5.92 Å². The highest BCUT2D eigenvalue weighted by Crippen LogP contribution is 2.16. The summed E-state index contributed by atoms with van der Waals surface area (Å²) < 4.78 is 23.4. The summed E-state index contributed by atoms with van der Waals surface area (Å²) >= 11 is 0. The fourth-order valence-electron chi connectivity index (χ4n) is 5.84. The van der Waals surface area contributed by atoms with Gasteiger partial charge in [0.2, 0.25) is 17.7 Å². The lowest BCUT2D eigenvalue weighted by Crippen LogP contribution is -2.52. The number of aromatic nitrogens is 3. The first-order chi connectivity index (χ1) is 27.9. The number of unbranched alkanes of at least 4 members (excludes halogenated alkanes) is 7. The Hall–Kier alpha value is -4.97. The van der Waals surface area contributed by atoms with Crippen LogP contribution in [0.5, 0.6) is 5.75 Å². The fraction of sp³-hybridized carbons (Fsp3) is 0.675. The first kappa shape index (κ1) is 49.2. The molecule has 0 aliphatic carbocycles. The van der Waals surface area contributed by atoms with Crippen LogP contribution in [0.3, 0.4) is 0 Å². The molecule has 18 nitrogen and oxygen atoms in total. The van der Waals surface area contributed by atoms with Gasteiger partial charge in [-0.25, -0.2) is 9.59 Å². The molecule has 0 saturated carbocycles. The first-order valence-electron chi connectivity index (χ1n) is 20.4. The van der Waals surface area contributed by atoms with Crippen molar-refractivity contribution in [2.24, 2.45) is 11.7 Å². The fourth-order valence-corrected chi connectivity index (χ4v) is 5.84. The Kier molecular flexibility index (Phi) is 24.8. The molecule has 0 spiro atoms. The number of nitrogens with two attached hydrogens (primary N) is 1. The van der Waals surface area contributed by atoms with E-state index < -0.39 is 36.3 Å². The number of carbonyl (C=O) groups is 5. The topological polar surface area (TPSA) is 239 Å². The van der Waals surface area contributed by atoms with Crippen LogP contribution in [-0.4, -0.2) is 111 Å². The van der Waals surface area contributed by atoms with E-state index in [2.05, 4.69) is 36.9 Å². The maximum atomic E-state index is 12.7. The molecule has 0 fully saturated rings. The number of ether oxygens (including phenoxy) is 4. The molecule has 2 rings (SSSR count). The second-order valence-corrected chi connectivity index (χ2v) is 14.5. The van der Waals surface area contributed by atoms with Gasteiger partial charge in [0.25, 0.3) is 0 Å². The molecule has 0 unspecified atom stereocenters. The lowest BCUT2D eigenvalue weighted by atomic mass is 10.0. The summed E-state index contributed by atoms with van der Waals surface area (Å²) in [5.41, 5.74) is 7.18. The molecule has 0 radical (unpaired) electrons. The van der Waals surface area contributed by atoms with Gasteiger partial charge in [-0.1, -0.05) is 69.7 Å². The maximum absolute atomic E-state index is 12.7. The van der Waals surface area contributed by atoms with E-state index in [9.17, 15) is 24.0 Å². The number of nitrogens with zero attached hydrogens (tertiary/aromatic N) is 3. The van der Waals surface area contributed by atoms with Gasteiger partial charge in [-0.05, 0) is 56.3 Å². The Morgan fingerprint density at radius 1 is 0.810 bits per heavy atom. The van der Waals surface area contributed by atoms with E-state index >= 15 is 0 Å². The number of alkyl carbamates (subject to hydrolysis) is 2. The molecule has 0 bridgehead atoms. The van der Waals surface area contributed by atoms with Crippen LogP contribution in [0.2, 0.25) is 0 Å². The van der Waals surface area contributed by atoms with Crippen molar-refractivity contribution in [2.45, 2.75) is 122 Å². The third-order valence-electron chi connectivity index (χ3n) is 9.11. The van der Waals surface area contributed by atoms with Gasteiger partial charge < -0.3 is 51.3 Å². The van der Waals surface area contributed by atoms with Gasteiger partial charge in [0, 0.05) is 46.6 Å². The number of hydrogen-bond acceptors (Lipinski definition) is 12. The number of hydrogen-bond donors (Lipinski definition) is 6. The number of benzene rings is 1. The van der Waals surface area contributed by atoms with Crippen molar-refractivity contribution in [1.29, 1.82) is 0 Å². The van der Waals surface area contributed by atoms with Crippen molar-refractivity contribution in [3.63, 3.8) is 0 Å². The molecular weight excluding hydrogens is 750 g/mol. The van der Waals surface area contributed by atoms with E-state index in [0.29, 0.717) is 37.5 Å². The van der Waals surface area contributed by atoms with E-state index in [0.717, 1.165) is 69.2 Å². The van der Waals surface area contributed by atoms with Crippen molar-refractivity contribution < 1.29 is 42.9 Å². The van der Waals surface area contributed by atoms with Gasteiger partial charge in [0.05, 0.1) is 12.2 Å². The predicted molar refractivity (Wildman–Crippen MR) is 218 cm³/mol. The SMILES string of the molecule is CNC(=O)OCC(COC(=O)NC)OCCCC(=O)NCCCCCCCCCCn1cc(COc2ccc(C[C@H](NC(=O)[C@H](CC(C)C)NC)C(N)=O)cc2)nn1. The minimum atomic E-state index is -0.820. The number of amides is 5. The average Bonchev–Trinajstić information content (AvgIpc) is 3.67. The average molecular weight is 818 g/mol. The Morgan fingerprint density at radius 3 is 2.02 bits per heavy atom. The van der Waals surface area contributed by atoms with Crippen LogP contribution < -0.4 is 37.1 Å². The summed E-state index contributed by atoms with van der Waals surface area (Å²) in [6.07, 6.45) is 10.4. The van der Waals surface area contributed by atoms with Gasteiger partial charge >= 0.3 is 12.2 Å². The Morgan fingerprint density at radius 2 is 1.43 bits per heavy atom. The molecule has 0 aliphatic heterocycles. The van der Waals surface area contributed by atoms with Crippen molar-refractivity contribution in [3.05, 3.63) is 41.7 Å². The summed E-state index contributed by atoms with van der Waals surface area (Å²) in [6.45, 7) is 5.85. The van der Waals surface area contributed by atoms with Gasteiger partial charge in [0.15, 0.2) is 0 Å². The Balaban J connectivity index is 1.52. The Labute approximate surface area is 342 Å². The number of likely N-dealkylation sites (N-methyl/N-ethyl adjacent to an activating group) is 1. The van der Waals surface area contributed by atoms with Crippen molar-refractivity contribution >= 4 is 29.9 Å². The zero-order valence-corrected chi connectivity index (χ0v) is 35.0. The summed E-state index contributed by atoms with van der Waals surface area (Å²) in [5.74, 6) is 0.0947. The molecule has 1 aromatic carbocycles. The van der Waals surface area contributed by atoms with E-state index in [4.69, 9.17) is 24.7 Å². The Bertz CT molecular complexity index is 1470. The van der Waals surface area contributed by atoms with E-state index in [1.807, 2.05) is 49.0 Å². The molecule has 0 saturated heterocycles. The number of aryl methyl sites for hydroxylation is 1. The van der Waals surface area contributed by atoms with Crippen molar-refractivity contribution in [2.75, 3.05) is 47.5 Å². The second kappa shape index (κ2) is 29.3. The largest absolute Gasteiger partial charge is 0.487 e. The molecule has 1 heterocycles. The van der Waals surface area contributed by atoms with Crippen molar-refractivity contribution in [3.8, 4) is 5.75 Å². The molecule has 2 atom stereocenters. The molecule has 5 amide bonds. The van der Waals surface area contributed by atoms with Crippen LogP contribution in [-0.2, 0) is 48.2 Å². The van der Waals surface area contributed by atoms with Crippen LogP contribution in [0.1, 0.15) is 95.7 Å². The standard InChI is InChI=1S/C40H67N9O9/c1-29(2)23-35(42-3)38(52)46-34(37(41)51)24-30-16-18-32(19-17-30)56-26-31-25-49(48-47-31)21-13-11-9-7-6-8-10-12-20-45-36(50)15-14-22-55-33(27-57-39(53)43-4)28-58-40(54)44-5/h16-19,25,29,33-35,42H,6-15,20-24,26-28H2,1-5H3,(H2,41,51)(H,43,53)(H,44,54)(H,45,50)(H,46,52)/t34-,35-/m0/s1. The third kappa shape index (κ3) is 22.1. The van der Waals surface area contributed by atoms with Crippen LogP contribution in [0.25, 0.3) is 0 Å². The first-order valence-corrected chi connectivity index (χ1v) is 20.4. The molecule has 326 valence electrons. The van der Waals surface area contributed by atoms with Crippen LogP contribution >= 0.6 is 0 Å². The molecule has 58 heavy (non-hydrogen) atoms. The number of primary amides is 1. The monoisotopic (exact) mass is 818 g/mol. The van der Waals surface area contributed by atoms with E-state index in [1.165, 1.54) is 14.1 Å². The summed E-state index contributed by atoms with van der Waals surface area (Å²) in [4.78, 5) is 59.7. The summed E-state index contributed by atoms with van der Waals surface area (Å²) in [5, 5.41) is 21.9. The zero-order valence-electron chi connectivity index (χ0n) is 35.0. The predicted octanol–water partition coefficient (Wildman–Crippen LogP) is 3.12. The zero-order chi connectivity index (χ0) is 42.5. The van der Waals surface area contributed by atoms with Gasteiger partial charge in [-0.3, -0.25) is 19.1 Å². The van der Waals surface area contributed by atoms with Crippen LogP contribution in [0.15, 0.2) is 30.5 Å². The lowest BCUT2D eigenvalue weighted by Gasteiger charge is -2.22. The molecule has 0 aliphatic rings. The molecule has 1 aromatic heterocycles. The minimum absolute atomic E-state index is 0.0428. The van der Waals surface area contributed by atoms with Crippen LogP contribution in [0.4, 0.5) is 9.59 Å². The number of nitrogens with one attached hydrogen (secondary N) is 5. The highest BCUT2D eigenvalue weighted by Gasteiger charge is 2.24. The highest BCUT2D eigenvalue weighted by atomic mass is 16.6. The van der Waals surface area contributed by atoms with Gasteiger partial charge in [0.1, 0.15) is 43.4 Å². The van der Waals surface area contributed by atoms with E-state index in [-0.39, 0.29) is 44.7 Å². The second-order valence-electron chi connectivity index (χ2n) is 14.5. The number of rotatable bonds is 31. The lowest BCUT2D eigenvalue weighted by molar-refractivity contribution is -0.128. The highest BCUT2D eigenvalue weighted by molar-refractivity contribution is 5.89. The normalized spacial score (nSPS) is 12.1. The third-order valence-corrected chi connectivity index (χ3v) is 9.11. The van der Waals surface area contributed by atoms with E-state index in [1.54, 1.807) is 7.05 Å². The maximum Gasteiger partial charge on any atom is 0.406 e. The number of carbonyl (C=O) groups excluding carboxylic acids is 5. The summed E-state index contributed by atoms with van der Waals surface area (Å²) in [7, 11) is 4.61. The molecule has 7 N–H and O–H groups in total. The van der Waals surface area contributed by atoms with Gasteiger partial charge in [-0.2, -0.15) is 0 Å². The van der Waals surface area contributed by atoms with Gasteiger partial charge in [-0.15, -0.1) is 5.10 Å². The minimum Gasteiger partial charge on any atom is -0.487 e. The molecule has 18 heteroatoms. The smallest absolute Gasteiger partial charge is 0.406 e.